The number of amides is 3. The van der Waals surface area contributed by atoms with Crippen molar-refractivity contribution in [2.75, 3.05) is 16.8 Å². The highest BCUT2D eigenvalue weighted by Crippen LogP contribution is 2.38. The van der Waals surface area contributed by atoms with Gasteiger partial charge in [-0.3, -0.25) is 9.69 Å². The van der Waals surface area contributed by atoms with Crippen LogP contribution in [0.1, 0.15) is 54.3 Å². The normalized spacial score (nSPS) is 17.3. The van der Waals surface area contributed by atoms with E-state index in [0.717, 1.165) is 53.7 Å². The fourth-order valence-electron chi connectivity index (χ4n) is 5.70. The molecule has 4 aromatic carbocycles. The van der Waals surface area contributed by atoms with E-state index < -0.39 is 6.04 Å². The van der Waals surface area contributed by atoms with Crippen molar-refractivity contribution in [1.29, 1.82) is 0 Å². The number of nitrogens with zero attached hydrogens (tertiary/aromatic N) is 1. The number of urea groups is 1. The minimum absolute atomic E-state index is 0.00508. The van der Waals surface area contributed by atoms with Crippen LogP contribution in [-0.4, -0.2) is 23.7 Å². The first-order chi connectivity index (χ1) is 20.1. The molecule has 0 bridgehead atoms. The molecule has 1 fully saturated rings. The molecule has 4 aromatic rings. The largest absolute Gasteiger partial charge is 0.394 e. The number of hydrogen-bond acceptors (Lipinski definition) is 3. The van der Waals surface area contributed by atoms with Gasteiger partial charge in [-0.05, 0) is 59.7 Å². The van der Waals surface area contributed by atoms with Gasteiger partial charge in [0.05, 0.1) is 19.2 Å². The molecule has 0 heterocycles. The molecule has 0 saturated heterocycles. The number of hydrogen-bond donors (Lipinski definition) is 3. The Morgan fingerprint density at radius 2 is 1.39 bits per heavy atom. The van der Waals surface area contributed by atoms with Crippen LogP contribution >= 0.6 is 0 Å². The van der Waals surface area contributed by atoms with Crippen LogP contribution in [0.4, 0.5) is 16.2 Å². The number of carbonyl (C=O) groups is 2. The van der Waals surface area contributed by atoms with Crippen LogP contribution in [0, 0.1) is 5.92 Å². The molecule has 1 aliphatic carbocycles. The van der Waals surface area contributed by atoms with Crippen LogP contribution in [-0.2, 0) is 11.3 Å². The number of aliphatic hydroxyl groups excluding tert-OH is 1. The summed E-state index contributed by atoms with van der Waals surface area (Å²) in [5, 5.41) is 16.1. The number of nitrogens with one attached hydrogen (secondary N) is 2. The highest BCUT2D eigenvalue weighted by atomic mass is 16.3. The Kier molecular flexibility index (Phi) is 9.45. The lowest BCUT2D eigenvalue weighted by atomic mass is 9.74. The Morgan fingerprint density at radius 3 is 2.05 bits per heavy atom. The number of anilines is 2. The fraction of sp³-hybridized carbons (Fsp3) is 0.257. The van der Waals surface area contributed by atoms with E-state index in [1.165, 1.54) is 0 Å². The maximum atomic E-state index is 13.4. The Labute approximate surface area is 242 Å². The quantitative estimate of drug-likeness (QED) is 0.210. The lowest BCUT2D eigenvalue weighted by Crippen LogP contribution is -2.39. The highest BCUT2D eigenvalue weighted by Gasteiger charge is 2.33. The summed E-state index contributed by atoms with van der Waals surface area (Å²) in [5.74, 6) is -0.0427. The van der Waals surface area contributed by atoms with Crippen LogP contribution in [0.2, 0.25) is 0 Å². The van der Waals surface area contributed by atoms with Gasteiger partial charge in [0, 0.05) is 17.3 Å². The molecule has 3 amide bonds. The second-order valence-corrected chi connectivity index (χ2v) is 10.6. The molecule has 210 valence electrons. The summed E-state index contributed by atoms with van der Waals surface area (Å²) in [4.78, 5) is 28.5. The topological polar surface area (TPSA) is 81.7 Å². The monoisotopic (exact) mass is 547 g/mol. The zero-order valence-electron chi connectivity index (χ0n) is 23.2. The van der Waals surface area contributed by atoms with Gasteiger partial charge in [0.15, 0.2) is 0 Å². The van der Waals surface area contributed by atoms with Crippen molar-refractivity contribution in [2.45, 2.75) is 44.2 Å². The third-order valence-corrected chi connectivity index (χ3v) is 7.89. The third-order valence-electron chi connectivity index (χ3n) is 7.89. The number of para-hydroxylation sites is 2. The second kappa shape index (κ2) is 13.8. The van der Waals surface area contributed by atoms with Crippen LogP contribution < -0.4 is 15.5 Å². The standard InChI is InChI=1S/C35H37N3O3/c39-25-33(28-12-4-1-5-13-28)37-34(40)32-19-11-10-18-31(32)27-22-20-26(21-23-27)24-38(30-16-8-3-9-17-30)35(41)36-29-14-6-2-7-15-29/h1-9,12-17,20-23,31-33,39H,10-11,18-19,24-25H2,(H,36,41)(H,37,40). The first-order valence-electron chi connectivity index (χ1n) is 14.4. The van der Waals surface area contributed by atoms with E-state index in [4.69, 9.17) is 0 Å². The molecular formula is C35H37N3O3. The van der Waals surface area contributed by atoms with E-state index in [1.807, 2.05) is 91.0 Å². The molecule has 5 rings (SSSR count). The molecule has 0 spiro atoms. The van der Waals surface area contributed by atoms with Crippen molar-refractivity contribution >= 4 is 23.3 Å². The third kappa shape index (κ3) is 7.21. The summed E-state index contributed by atoms with van der Waals surface area (Å²) in [6.07, 6.45) is 3.87. The van der Waals surface area contributed by atoms with Gasteiger partial charge in [-0.2, -0.15) is 0 Å². The number of aliphatic hydroxyl groups is 1. The summed E-state index contributed by atoms with van der Waals surface area (Å²) >= 11 is 0. The maximum absolute atomic E-state index is 13.4. The molecule has 6 heteroatoms. The molecule has 3 unspecified atom stereocenters. The number of rotatable bonds is 9. The van der Waals surface area contributed by atoms with Gasteiger partial charge in [0.2, 0.25) is 5.91 Å². The first-order valence-corrected chi connectivity index (χ1v) is 14.4. The molecule has 0 aliphatic heterocycles. The Bertz CT molecular complexity index is 1400. The van der Waals surface area contributed by atoms with Crippen molar-refractivity contribution in [3.05, 3.63) is 132 Å². The van der Waals surface area contributed by atoms with Crippen molar-refractivity contribution in [3.8, 4) is 0 Å². The van der Waals surface area contributed by atoms with Gasteiger partial charge in [-0.15, -0.1) is 0 Å². The van der Waals surface area contributed by atoms with Gasteiger partial charge < -0.3 is 15.7 Å². The summed E-state index contributed by atoms with van der Waals surface area (Å²) in [5.41, 5.74) is 4.59. The summed E-state index contributed by atoms with van der Waals surface area (Å²) in [6.45, 7) is 0.268. The van der Waals surface area contributed by atoms with E-state index in [-0.39, 0.29) is 30.4 Å². The van der Waals surface area contributed by atoms with Crippen molar-refractivity contribution in [1.82, 2.24) is 5.32 Å². The van der Waals surface area contributed by atoms with Crippen LogP contribution in [0.15, 0.2) is 115 Å². The van der Waals surface area contributed by atoms with Crippen LogP contribution in [0.3, 0.4) is 0 Å². The zero-order chi connectivity index (χ0) is 28.4. The number of carbonyl (C=O) groups excluding carboxylic acids is 2. The Hall–Kier alpha value is -4.42. The van der Waals surface area contributed by atoms with E-state index in [1.54, 1.807) is 4.90 Å². The molecule has 41 heavy (non-hydrogen) atoms. The smallest absolute Gasteiger partial charge is 0.326 e. The average molecular weight is 548 g/mol. The lowest BCUT2D eigenvalue weighted by molar-refractivity contribution is -0.127. The van der Waals surface area contributed by atoms with Crippen molar-refractivity contribution in [3.63, 3.8) is 0 Å². The molecule has 1 saturated carbocycles. The Morgan fingerprint density at radius 1 is 0.780 bits per heavy atom. The molecule has 3 N–H and O–H groups in total. The molecule has 3 atom stereocenters. The Balaban J connectivity index is 1.30. The van der Waals surface area contributed by atoms with Crippen molar-refractivity contribution in [2.24, 2.45) is 5.92 Å². The predicted octanol–water partition coefficient (Wildman–Crippen LogP) is 7.05. The number of benzene rings is 4. The van der Waals surface area contributed by atoms with Gasteiger partial charge in [0.1, 0.15) is 0 Å². The summed E-state index contributed by atoms with van der Waals surface area (Å²) in [6, 6.07) is 36.4. The van der Waals surface area contributed by atoms with Gasteiger partial charge >= 0.3 is 6.03 Å². The minimum Gasteiger partial charge on any atom is -0.394 e. The van der Waals surface area contributed by atoms with Crippen molar-refractivity contribution < 1.29 is 14.7 Å². The zero-order valence-corrected chi connectivity index (χ0v) is 23.2. The lowest BCUT2D eigenvalue weighted by Gasteiger charge is -2.32. The maximum Gasteiger partial charge on any atom is 0.326 e. The SMILES string of the molecule is O=C(NC(CO)c1ccccc1)C1CCCCC1c1ccc(CN(C(=O)Nc2ccccc2)c2ccccc2)cc1. The highest BCUT2D eigenvalue weighted by molar-refractivity contribution is 6.01. The molecule has 6 nitrogen and oxygen atoms in total. The summed E-state index contributed by atoms with van der Waals surface area (Å²) in [7, 11) is 0. The average Bonchev–Trinajstić information content (AvgIpc) is 3.04. The van der Waals surface area contributed by atoms with E-state index in [2.05, 4.69) is 34.9 Å². The van der Waals surface area contributed by atoms with E-state index >= 15 is 0 Å². The predicted molar refractivity (Wildman–Crippen MR) is 164 cm³/mol. The van der Waals surface area contributed by atoms with Crippen LogP contribution in [0.25, 0.3) is 0 Å². The van der Waals surface area contributed by atoms with E-state index in [9.17, 15) is 14.7 Å². The second-order valence-electron chi connectivity index (χ2n) is 10.6. The van der Waals surface area contributed by atoms with E-state index in [0.29, 0.717) is 6.54 Å². The van der Waals surface area contributed by atoms with Gasteiger partial charge in [0.25, 0.3) is 0 Å². The molecule has 1 aliphatic rings. The van der Waals surface area contributed by atoms with Gasteiger partial charge in [-0.1, -0.05) is 104 Å². The molecule has 0 radical (unpaired) electrons. The fourth-order valence-corrected chi connectivity index (χ4v) is 5.70. The molecule has 0 aromatic heterocycles. The van der Waals surface area contributed by atoms with Crippen LogP contribution in [0.5, 0.6) is 0 Å². The summed E-state index contributed by atoms with van der Waals surface area (Å²) < 4.78 is 0. The first kappa shape index (κ1) is 28.1. The minimum atomic E-state index is -0.417. The van der Waals surface area contributed by atoms with Gasteiger partial charge in [-0.25, -0.2) is 4.79 Å². The molecular weight excluding hydrogens is 510 g/mol.